The van der Waals surface area contributed by atoms with Gasteiger partial charge in [0.25, 0.3) is 0 Å². The molecule has 0 saturated heterocycles. The molecule has 0 amide bonds. The Hall–Kier alpha value is -7.49. The maximum atomic E-state index is 5.22. The summed E-state index contributed by atoms with van der Waals surface area (Å²) in [5, 5.41) is 5.29. The van der Waals surface area contributed by atoms with Crippen LogP contribution in [0, 0.1) is 0 Å². The van der Waals surface area contributed by atoms with Gasteiger partial charge in [-0.2, -0.15) is 0 Å². The summed E-state index contributed by atoms with van der Waals surface area (Å²) in [5.41, 5.74) is 14.9. The van der Waals surface area contributed by atoms with Gasteiger partial charge in [-0.3, -0.25) is 0 Å². The van der Waals surface area contributed by atoms with Gasteiger partial charge in [-0.1, -0.05) is 194 Å². The number of nitrogens with zero attached hydrogens (tertiary/aromatic N) is 3. The average molecular weight is 724 g/mol. The Labute approximate surface area is 330 Å². The van der Waals surface area contributed by atoms with Gasteiger partial charge in [0.15, 0.2) is 17.5 Å². The molecule has 3 nitrogen and oxygen atoms in total. The smallest absolute Gasteiger partial charge is 0.164 e. The van der Waals surface area contributed by atoms with E-state index in [2.05, 4.69) is 176 Å². The molecule has 1 aromatic heterocycles. The van der Waals surface area contributed by atoms with Crippen LogP contribution in [-0.4, -0.2) is 15.0 Å². The summed E-state index contributed by atoms with van der Waals surface area (Å²) in [6, 6.07) is 72.0. The highest BCUT2D eigenvalue weighted by Gasteiger charge is 2.50. The molecule has 264 valence electrons. The maximum absolute atomic E-state index is 5.22. The molecule has 1 spiro atoms. The van der Waals surface area contributed by atoms with Crippen molar-refractivity contribution in [3.05, 3.63) is 222 Å². The molecular formula is C54H33N3. The van der Waals surface area contributed by atoms with Gasteiger partial charge in [-0.15, -0.1) is 0 Å². The van der Waals surface area contributed by atoms with E-state index in [1.165, 1.54) is 60.5 Å². The van der Waals surface area contributed by atoms with Gasteiger partial charge in [0, 0.05) is 16.7 Å². The highest BCUT2D eigenvalue weighted by Crippen LogP contribution is 2.62. The zero-order valence-electron chi connectivity index (χ0n) is 30.9. The highest BCUT2D eigenvalue weighted by molar-refractivity contribution is 6.17. The van der Waals surface area contributed by atoms with Crippen LogP contribution in [0.2, 0.25) is 0 Å². The molecule has 2 aliphatic carbocycles. The molecule has 0 aliphatic heterocycles. The molecule has 0 atom stereocenters. The monoisotopic (exact) mass is 723 g/mol. The van der Waals surface area contributed by atoms with Crippen LogP contribution < -0.4 is 0 Å². The second-order valence-electron chi connectivity index (χ2n) is 15.1. The van der Waals surface area contributed by atoms with Crippen LogP contribution >= 0.6 is 0 Å². The largest absolute Gasteiger partial charge is 0.208 e. The molecule has 0 bridgehead atoms. The van der Waals surface area contributed by atoms with Crippen LogP contribution in [0.5, 0.6) is 0 Å². The molecule has 3 heteroatoms. The van der Waals surface area contributed by atoms with E-state index in [1.807, 2.05) is 24.3 Å². The summed E-state index contributed by atoms with van der Waals surface area (Å²) in [5.74, 6) is 1.93. The molecule has 0 N–H and O–H groups in total. The molecule has 10 aromatic rings. The van der Waals surface area contributed by atoms with Crippen molar-refractivity contribution in [2.45, 2.75) is 5.41 Å². The van der Waals surface area contributed by atoms with E-state index in [-0.39, 0.29) is 0 Å². The van der Waals surface area contributed by atoms with Gasteiger partial charge in [-0.05, 0) is 83.2 Å². The minimum Gasteiger partial charge on any atom is -0.208 e. The quantitative estimate of drug-likeness (QED) is 0.166. The van der Waals surface area contributed by atoms with E-state index >= 15 is 0 Å². The lowest BCUT2D eigenvalue weighted by molar-refractivity contribution is 0.797. The van der Waals surface area contributed by atoms with Crippen LogP contribution in [-0.2, 0) is 5.41 Å². The van der Waals surface area contributed by atoms with Crippen LogP contribution in [0.4, 0.5) is 0 Å². The summed E-state index contributed by atoms with van der Waals surface area (Å²) < 4.78 is 0. The molecule has 0 radical (unpaired) electrons. The molecule has 0 fully saturated rings. The molecule has 2 aliphatic rings. The Morgan fingerprint density at radius 2 is 0.719 bits per heavy atom. The fourth-order valence-corrected chi connectivity index (χ4v) is 9.67. The van der Waals surface area contributed by atoms with Gasteiger partial charge in [-0.25, -0.2) is 15.0 Å². The van der Waals surface area contributed by atoms with Crippen LogP contribution in [0.25, 0.3) is 89.1 Å². The fourth-order valence-electron chi connectivity index (χ4n) is 9.67. The van der Waals surface area contributed by atoms with Crippen molar-refractivity contribution in [3.8, 4) is 67.5 Å². The first-order valence-electron chi connectivity index (χ1n) is 19.5. The second kappa shape index (κ2) is 12.3. The van der Waals surface area contributed by atoms with Gasteiger partial charge < -0.3 is 0 Å². The first-order chi connectivity index (χ1) is 28.3. The van der Waals surface area contributed by atoms with Gasteiger partial charge >= 0.3 is 0 Å². The van der Waals surface area contributed by atoms with E-state index in [9.17, 15) is 0 Å². The Balaban J connectivity index is 1.05. The van der Waals surface area contributed by atoms with Crippen molar-refractivity contribution in [3.63, 3.8) is 0 Å². The zero-order chi connectivity index (χ0) is 37.5. The van der Waals surface area contributed by atoms with Gasteiger partial charge in [0.1, 0.15) is 0 Å². The predicted octanol–water partition coefficient (Wildman–Crippen LogP) is 13.2. The average Bonchev–Trinajstić information content (AvgIpc) is 3.77. The number of aromatic nitrogens is 3. The van der Waals surface area contributed by atoms with Crippen LogP contribution in [0.15, 0.2) is 200 Å². The number of fused-ring (bicyclic) bond motifs is 7. The summed E-state index contributed by atoms with van der Waals surface area (Å²) in [6.45, 7) is 0. The summed E-state index contributed by atoms with van der Waals surface area (Å²) in [7, 11) is 0. The summed E-state index contributed by atoms with van der Waals surface area (Å²) in [4.78, 5) is 15.5. The zero-order valence-corrected chi connectivity index (χ0v) is 30.9. The fraction of sp³-hybridized carbons (Fsp3) is 0.0185. The van der Waals surface area contributed by atoms with E-state index in [0.717, 1.165) is 33.4 Å². The molecule has 57 heavy (non-hydrogen) atoms. The summed E-state index contributed by atoms with van der Waals surface area (Å²) >= 11 is 0. The van der Waals surface area contributed by atoms with Gasteiger partial charge in [0.2, 0.25) is 0 Å². The van der Waals surface area contributed by atoms with E-state index in [4.69, 9.17) is 15.0 Å². The molecular weight excluding hydrogens is 691 g/mol. The molecule has 12 rings (SSSR count). The van der Waals surface area contributed by atoms with Crippen molar-refractivity contribution in [2.24, 2.45) is 0 Å². The first kappa shape index (κ1) is 31.8. The van der Waals surface area contributed by atoms with Crippen molar-refractivity contribution in [2.75, 3.05) is 0 Å². The van der Waals surface area contributed by atoms with Crippen molar-refractivity contribution in [1.82, 2.24) is 15.0 Å². The van der Waals surface area contributed by atoms with E-state index < -0.39 is 5.41 Å². The third kappa shape index (κ3) is 4.63. The number of rotatable bonds is 5. The SMILES string of the molecule is c1ccc(-c2ccc(-c3nc(-c4ccccc4)nc(-c4ccccc4-c4ccc5c(c4)C4(c6ccccc6-5)c5cccc6ccc7cccc4c7c56)n3)cc2)cc1. The lowest BCUT2D eigenvalue weighted by Gasteiger charge is -2.31. The lowest BCUT2D eigenvalue weighted by atomic mass is 9.70. The minimum atomic E-state index is -0.438. The molecule has 0 saturated carbocycles. The van der Waals surface area contributed by atoms with Crippen molar-refractivity contribution < 1.29 is 0 Å². The Kier molecular flexibility index (Phi) is 6.84. The number of benzene rings is 9. The molecule has 9 aromatic carbocycles. The third-order valence-electron chi connectivity index (χ3n) is 12.1. The number of hydrogen-bond donors (Lipinski definition) is 0. The van der Waals surface area contributed by atoms with E-state index in [0.29, 0.717) is 17.5 Å². The lowest BCUT2D eigenvalue weighted by Crippen LogP contribution is -2.26. The topological polar surface area (TPSA) is 38.7 Å². The summed E-state index contributed by atoms with van der Waals surface area (Å²) in [6.07, 6.45) is 0. The van der Waals surface area contributed by atoms with Crippen molar-refractivity contribution in [1.29, 1.82) is 0 Å². The molecule has 0 unspecified atom stereocenters. The Morgan fingerprint density at radius 3 is 1.39 bits per heavy atom. The number of hydrogen-bond acceptors (Lipinski definition) is 3. The van der Waals surface area contributed by atoms with Crippen LogP contribution in [0.1, 0.15) is 22.3 Å². The highest BCUT2D eigenvalue weighted by atomic mass is 15.0. The standard InChI is InChI=1S/C54H33N3/c1-3-13-34(14-4-1)35-25-29-39(30-26-35)52-55-51(38-15-5-2-6-16-38)56-53(57-52)44-21-8-7-19-41(44)40-31-32-43-42-20-9-10-22-45(42)54(48(43)33-40)46-23-11-17-36-27-28-37-18-12-24-47(54)50(37)49(36)46/h1-33H. The minimum absolute atomic E-state index is 0.438. The Morgan fingerprint density at radius 1 is 0.263 bits per heavy atom. The maximum Gasteiger partial charge on any atom is 0.164 e. The second-order valence-corrected chi connectivity index (χ2v) is 15.1. The molecule has 1 heterocycles. The van der Waals surface area contributed by atoms with Crippen LogP contribution in [0.3, 0.4) is 0 Å². The predicted molar refractivity (Wildman–Crippen MR) is 233 cm³/mol. The van der Waals surface area contributed by atoms with E-state index in [1.54, 1.807) is 0 Å². The first-order valence-corrected chi connectivity index (χ1v) is 19.5. The normalized spacial score (nSPS) is 13.1. The third-order valence-corrected chi connectivity index (χ3v) is 12.1. The van der Waals surface area contributed by atoms with Gasteiger partial charge in [0.05, 0.1) is 5.41 Å². The Bertz CT molecular complexity index is 3160. The van der Waals surface area contributed by atoms with Crippen molar-refractivity contribution >= 4 is 21.5 Å².